The Bertz CT molecular complexity index is 2410. The number of hydrogen-bond acceptors (Lipinski definition) is 11. The van der Waals surface area contributed by atoms with Crippen LogP contribution in [0, 0.1) is 0 Å². The molecular weight excluding hydrogens is 829 g/mol. The van der Waals surface area contributed by atoms with Crippen molar-refractivity contribution in [2.45, 2.75) is 63.6 Å². The number of nitrogens with one attached hydrogen (secondary N) is 1. The largest absolute Gasteiger partial charge is 0.496 e. The number of fused-ring (bicyclic) bond motifs is 1. The minimum absolute atomic E-state index is 0.0422. The third-order valence-electron chi connectivity index (χ3n) is 12.5. The Morgan fingerprint density at radius 1 is 0.903 bits per heavy atom. The number of imide groups is 1. The van der Waals surface area contributed by atoms with E-state index >= 15 is 0 Å². The molecule has 4 amide bonds. The Morgan fingerprint density at radius 3 is 2.42 bits per heavy atom. The molecule has 14 nitrogen and oxygen atoms in total. The van der Waals surface area contributed by atoms with Gasteiger partial charge in [-0.15, -0.1) is 0 Å². The van der Waals surface area contributed by atoms with E-state index in [1.807, 2.05) is 29.2 Å². The van der Waals surface area contributed by atoms with Crippen LogP contribution in [0.4, 0.5) is 5.69 Å². The predicted octanol–water partition coefficient (Wildman–Crippen LogP) is 4.91. The van der Waals surface area contributed by atoms with Gasteiger partial charge < -0.3 is 28.7 Å². The molecule has 0 bridgehead atoms. The van der Waals surface area contributed by atoms with Crippen molar-refractivity contribution in [2.24, 2.45) is 0 Å². The minimum Gasteiger partial charge on any atom is -0.496 e. The van der Waals surface area contributed by atoms with Crippen LogP contribution in [0.15, 0.2) is 66.9 Å². The van der Waals surface area contributed by atoms with E-state index in [1.54, 1.807) is 44.8 Å². The molecule has 0 saturated carbocycles. The second kappa shape index (κ2) is 18.6. The number of carbonyl (C=O) groups is 4. The van der Waals surface area contributed by atoms with Gasteiger partial charge in [0, 0.05) is 105 Å². The number of amides is 4. The molecule has 0 aliphatic carbocycles. The topological polar surface area (TPSA) is 155 Å². The van der Waals surface area contributed by atoms with Gasteiger partial charge in [0.25, 0.3) is 5.91 Å². The highest BCUT2D eigenvalue weighted by atomic mass is 35.5. The molecule has 1 N–H and O–H groups in total. The smallest absolute Gasteiger partial charge is 0.255 e. The Labute approximate surface area is 367 Å². The van der Waals surface area contributed by atoms with Crippen LogP contribution in [-0.4, -0.2) is 127 Å². The SMILES string of the molecule is COc1cc(N2CCC(N3CCN(C(=O)CCOc4cccc5c4CN(C4CCC(=O)NC4=O)C5=O)CC3)CC2)ccc1Cc1ncc(Cl)c(Cc2ccccc2P(C)(C)=O)n1. The summed E-state index contributed by atoms with van der Waals surface area (Å²) in [6.07, 6.45) is 5.33. The third kappa shape index (κ3) is 9.52. The minimum atomic E-state index is -2.48. The summed E-state index contributed by atoms with van der Waals surface area (Å²) in [6, 6.07) is 19.1. The average Bonchev–Trinajstić information content (AvgIpc) is 3.61. The van der Waals surface area contributed by atoms with Crippen molar-refractivity contribution in [2.75, 3.05) is 71.2 Å². The van der Waals surface area contributed by atoms with Gasteiger partial charge in [0.05, 0.1) is 37.4 Å². The van der Waals surface area contributed by atoms with Crippen LogP contribution in [0.25, 0.3) is 0 Å². The number of halogens is 1. The number of hydrogen-bond donors (Lipinski definition) is 1. The van der Waals surface area contributed by atoms with Crippen molar-refractivity contribution in [1.29, 1.82) is 0 Å². The van der Waals surface area contributed by atoms with Gasteiger partial charge in [0.1, 0.15) is 30.5 Å². The maximum Gasteiger partial charge on any atom is 0.255 e. The molecule has 4 aliphatic rings. The number of piperazine rings is 1. The highest BCUT2D eigenvalue weighted by Gasteiger charge is 2.40. The summed E-state index contributed by atoms with van der Waals surface area (Å²) in [5, 5.41) is 3.65. The Kier molecular flexibility index (Phi) is 13.0. The van der Waals surface area contributed by atoms with Crippen LogP contribution in [-0.2, 0) is 38.3 Å². The Balaban J connectivity index is 0.794. The zero-order valence-corrected chi connectivity index (χ0v) is 37.1. The first-order valence-corrected chi connectivity index (χ1v) is 24.3. The van der Waals surface area contributed by atoms with Crippen molar-refractivity contribution in [3.63, 3.8) is 0 Å². The summed E-state index contributed by atoms with van der Waals surface area (Å²) in [7, 11) is -0.799. The molecule has 3 fully saturated rings. The zero-order valence-electron chi connectivity index (χ0n) is 35.5. The van der Waals surface area contributed by atoms with Crippen molar-refractivity contribution >= 4 is 53.4 Å². The number of aromatic nitrogens is 2. The highest BCUT2D eigenvalue weighted by molar-refractivity contribution is 7.70. The number of carbonyl (C=O) groups excluding carboxylic acids is 4. The molecule has 62 heavy (non-hydrogen) atoms. The lowest BCUT2D eigenvalue weighted by atomic mass is 10.0. The first-order chi connectivity index (χ1) is 29.9. The van der Waals surface area contributed by atoms with E-state index in [0.29, 0.717) is 71.8 Å². The van der Waals surface area contributed by atoms with E-state index in [9.17, 15) is 23.7 Å². The molecule has 1 aromatic heterocycles. The molecule has 326 valence electrons. The van der Waals surface area contributed by atoms with Gasteiger partial charge >= 0.3 is 0 Å². The first-order valence-electron chi connectivity index (χ1n) is 21.3. The summed E-state index contributed by atoms with van der Waals surface area (Å²) >= 11 is 6.57. The van der Waals surface area contributed by atoms with Gasteiger partial charge in [0.15, 0.2) is 0 Å². The van der Waals surface area contributed by atoms with Gasteiger partial charge in [-0.1, -0.05) is 48.0 Å². The number of piperidine rings is 2. The van der Waals surface area contributed by atoms with Crippen LogP contribution in [0.2, 0.25) is 5.02 Å². The van der Waals surface area contributed by atoms with Crippen LogP contribution in [0.5, 0.6) is 11.5 Å². The number of nitrogens with zero attached hydrogens (tertiary/aromatic N) is 6. The number of methoxy groups -OCH3 is 1. The standard InChI is InChI=1S/C46H53ClN7O7P/c1-60-40-27-33(12-11-30(40)26-42-48-28-36(47)37(49-42)25-31-7-4-5-10-41(31)62(2,3)59)51-18-15-32(16-19-51)52-20-22-53(23-21-52)44(56)17-24-61-39-9-6-8-34-35(39)29-54(46(34)58)38-13-14-43(55)50-45(38)57/h4-12,27-28,32,38H,13-26,29H2,1-3H3,(H,50,55,57). The van der Waals surface area contributed by atoms with E-state index in [2.05, 4.69) is 38.3 Å². The third-order valence-corrected chi connectivity index (χ3v) is 14.5. The monoisotopic (exact) mass is 881 g/mol. The number of anilines is 1. The van der Waals surface area contributed by atoms with Crippen LogP contribution < -0.4 is 25.0 Å². The van der Waals surface area contributed by atoms with Crippen molar-refractivity contribution < 1.29 is 33.2 Å². The normalized spacial score (nSPS) is 18.8. The van der Waals surface area contributed by atoms with E-state index in [-0.39, 0.29) is 43.7 Å². The summed E-state index contributed by atoms with van der Waals surface area (Å²) < 4.78 is 24.9. The van der Waals surface area contributed by atoms with E-state index in [4.69, 9.17) is 26.1 Å². The molecule has 4 aromatic rings. The molecule has 0 spiro atoms. The molecule has 3 saturated heterocycles. The molecule has 1 atom stereocenters. The van der Waals surface area contributed by atoms with Gasteiger partial charge in [-0.2, -0.15) is 0 Å². The fourth-order valence-electron chi connectivity index (χ4n) is 9.19. The zero-order chi connectivity index (χ0) is 43.5. The lowest BCUT2D eigenvalue weighted by Crippen LogP contribution is -2.54. The quantitative estimate of drug-likeness (QED) is 0.144. The summed E-state index contributed by atoms with van der Waals surface area (Å²) in [5.74, 6) is 0.952. The predicted molar refractivity (Wildman–Crippen MR) is 237 cm³/mol. The van der Waals surface area contributed by atoms with Crippen LogP contribution >= 0.6 is 18.7 Å². The van der Waals surface area contributed by atoms with Gasteiger partial charge in [-0.3, -0.25) is 29.4 Å². The number of rotatable bonds is 13. The second-order valence-corrected chi connectivity index (χ2v) is 20.4. The number of benzene rings is 3. The van der Waals surface area contributed by atoms with Gasteiger partial charge in [0.2, 0.25) is 17.7 Å². The molecule has 16 heteroatoms. The molecule has 1 unspecified atom stereocenters. The van der Waals surface area contributed by atoms with Gasteiger partial charge in [-0.05, 0) is 56.4 Å². The highest BCUT2D eigenvalue weighted by Crippen LogP contribution is 2.37. The Morgan fingerprint density at radius 2 is 1.68 bits per heavy atom. The van der Waals surface area contributed by atoms with E-state index < -0.39 is 19.1 Å². The maximum atomic E-state index is 13.2. The summed E-state index contributed by atoms with van der Waals surface area (Å²) in [5.41, 5.74) is 4.92. The van der Waals surface area contributed by atoms with Crippen molar-refractivity contribution in [1.82, 2.24) is 30.0 Å². The van der Waals surface area contributed by atoms with Crippen molar-refractivity contribution in [3.8, 4) is 11.5 Å². The van der Waals surface area contributed by atoms with Gasteiger partial charge in [-0.25, -0.2) is 9.97 Å². The van der Waals surface area contributed by atoms with Crippen molar-refractivity contribution in [3.05, 3.63) is 106 Å². The van der Waals surface area contributed by atoms with E-state index in [1.165, 1.54) is 4.90 Å². The lowest BCUT2D eigenvalue weighted by molar-refractivity contribution is -0.137. The second-order valence-electron chi connectivity index (χ2n) is 16.8. The first kappa shape index (κ1) is 43.4. The maximum absolute atomic E-state index is 13.2. The fraction of sp³-hybridized carbons (Fsp3) is 0.435. The van der Waals surface area contributed by atoms with Crippen LogP contribution in [0.3, 0.4) is 0 Å². The summed E-state index contributed by atoms with van der Waals surface area (Å²) in [4.78, 5) is 68.2. The molecule has 3 aromatic carbocycles. The average molecular weight is 882 g/mol. The summed E-state index contributed by atoms with van der Waals surface area (Å²) in [6.45, 7) is 8.76. The lowest BCUT2D eigenvalue weighted by Gasteiger charge is -2.43. The molecular formula is C46H53ClN7O7P. The van der Waals surface area contributed by atoms with Crippen LogP contribution in [0.1, 0.15) is 70.7 Å². The molecule has 4 aliphatic heterocycles. The molecule has 0 radical (unpaired) electrons. The Hall–Kier alpha value is -5.30. The fourth-order valence-corrected chi connectivity index (χ4v) is 10.6. The molecule has 5 heterocycles. The molecule has 8 rings (SSSR count). The number of ether oxygens (including phenoxy) is 2. The van der Waals surface area contributed by atoms with E-state index in [0.717, 1.165) is 66.9 Å².